The number of hydrogen-bond donors (Lipinski definition) is 2. The molecule has 3 N–H and O–H groups in total. The number of carbonyl (C=O) groups excluding carboxylic acids is 1. The molecule has 2 unspecified atom stereocenters. The summed E-state index contributed by atoms with van der Waals surface area (Å²) in [5.74, 6) is -1.05. The zero-order valence-electron chi connectivity index (χ0n) is 12.3. The molecule has 0 bridgehead atoms. The Hall–Kier alpha value is -1.82. The quantitative estimate of drug-likeness (QED) is 0.645. The Bertz CT molecular complexity index is 516. The molecule has 2 rings (SSSR count). The van der Waals surface area contributed by atoms with Crippen LogP contribution in [0.1, 0.15) is 37.0 Å². The van der Waals surface area contributed by atoms with Crippen LogP contribution in [0.3, 0.4) is 0 Å². The van der Waals surface area contributed by atoms with Gasteiger partial charge in [0.05, 0.1) is 24.0 Å². The van der Waals surface area contributed by atoms with E-state index in [4.69, 9.17) is 15.2 Å². The van der Waals surface area contributed by atoms with Crippen molar-refractivity contribution >= 4 is 17.3 Å². The summed E-state index contributed by atoms with van der Waals surface area (Å²) in [6.07, 6.45) is 2.00. The molecule has 1 fully saturated rings. The van der Waals surface area contributed by atoms with E-state index in [1.54, 1.807) is 6.92 Å². The van der Waals surface area contributed by atoms with Crippen molar-refractivity contribution in [2.45, 2.75) is 38.8 Å². The second-order valence-electron chi connectivity index (χ2n) is 5.12. The molecular weight excluding hydrogens is 275 g/mol. The zero-order valence-corrected chi connectivity index (χ0v) is 12.3. The Morgan fingerprint density at radius 3 is 3.00 bits per heavy atom. The Labute approximate surface area is 123 Å². The van der Waals surface area contributed by atoms with Crippen LogP contribution < -0.4 is 11.1 Å². The Morgan fingerprint density at radius 2 is 2.38 bits per heavy atom. The molecule has 0 radical (unpaired) electrons. The molecule has 0 aliphatic carbocycles. The van der Waals surface area contributed by atoms with E-state index in [-0.39, 0.29) is 35.7 Å². The number of halogens is 1. The lowest BCUT2D eigenvalue weighted by atomic mass is 10.1. The van der Waals surface area contributed by atoms with Crippen molar-refractivity contribution < 1.29 is 18.7 Å². The fourth-order valence-electron chi connectivity index (χ4n) is 2.42. The summed E-state index contributed by atoms with van der Waals surface area (Å²) in [5, 5.41) is 3.05. The van der Waals surface area contributed by atoms with Crippen LogP contribution in [0, 0.1) is 5.82 Å². The standard InChI is InChI=1S/C15H21FN2O3/c1-3-20-15(19)10-7-13(11(16)8-12(10)17)18-9(2)14-5-4-6-21-14/h7-9,14,18H,3-6,17H2,1-2H3. The first kappa shape index (κ1) is 15.6. The van der Waals surface area contributed by atoms with Crippen LogP contribution in [0.25, 0.3) is 0 Å². The maximum Gasteiger partial charge on any atom is 0.340 e. The van der Waals surface area contributed by atoms with E-state index in [0.717, 1.165) is 25.5 Å². The maximum absolute atomic E-state index is 14.0. The number of esters is 1. The van der Waals surface area contributed by atoms with Crippen LogP contribution >= 0.6 is 0 Å². The molecule has 5 nitrogen and oxygen atoms in total. The second kappa shape index (κ2) is 6.76. The van der Waals surface area contributed by atoms with Crippen molar-refractivity contribution in [1.29, 1.82) is 0 Å². The summed E-state index contributed by atoms with van der Waals surface area (Å²) in [6.45, 7) is 4.60. The summed E-state index contributed by atoms with van der Waals surface area (Å²) in [6, 6.07) is 2.48. The molecule has 1 aromatic rings. The highest BCUT2D eigenvalue weighted by molar-refractivity contribution is 5.96. The van der Waals surface area contributed by atoms with E-state index < -0.39 is 11.8 Å². The van der Waals surface area contributed by atoms with Crippen molar-refractivity contribution in [2.75, 3.05) is 24.3 Å². The van der Waals surface area contributed by atoms with Crippen LogP contribution in [0.15, 0.2) is 12.1 Å². The van der Waals surface area contributed by atoms with E-state index in [1.807, 2.05) is 6.92 Å². The van der Waals surface area contributed by atoms with Crippen molar-refractivity contribution in [1.82, 2.24) is 0 Å². The van der Waals surface area contributed by atoms with Gasteiger partial charge in [-0.15, -0.1) is 0 Å². The van der Waals surface area contributed by atoms with E-state index in [2.05, 4.69) is 5.32 Å². The van der Waals surface area contributed by atoms with E-state index >= 15 is 0 Å². The first-order valence-electron chi connectivity index (χ1n) is 7.17. The van der Waals surface area contributed by atoms with Gasteiger partial charge < -0.3 is 20.5 Å². The van der Waals surface area contributed by atoms with Crippen molar-refractivity contribution in [3.63, 3.8) is 0 Å². The number of nitrogens with two attached hydrogens (primary N) is 1. The smallest absolute Gasteiger partial charge is 0.340 e. The molecule has 6 heteroatoms. The molecule has 1 aliphatic rings. The molecule has 1 heterocycles. The van der Waals surface area contributed by atoms with Gasteiger partial charge in [0, 0.05) is 18.3 Å². The number of anilines is 2. The summed E-state index contributed by atoms with van der Waals surface area (Å²) in [7, 11) is 0. The first-order valence-corrected chi connectivity index (χ1v) is 7.17. The molecule has 2 atom stereocenters. The topological polar surface area (TPSA) is 73.6 Å². The van der Waals surface area contributed by atoms with Crippen molar-refractivity contribution in [3.8, 4) is 0 Å². The van der Waals surface area contributed by atoms with Crippen molar-refractivity contribution in [2.24, 2.45) is 0 Å². The molecule has 0 spiro atoms. The largest absolute Gasteiger partial charge is 0.462 e. The summed E-state index contributed by atoms with van der Waals surface area (Å²) < 4.78 is 24.5. The van der Waals surface area contributed by atoms with Gasteiger partial charge >= 0.3 is 5.97 Å². The number of nitrogens with one attached hydrogen (secondary N) is 1. The lowest BCUT2D eigenvalue weighted by Crippen LogP contribution is -2.30. The van der Waals surface area contributed by atoms with E-state index in [1.165, 1.54) is 6.07 Å². The maximum atomic E-state index is 14.0. The van der Waals surface area contributed by atoms with Gasteiger partial charge in [0.25, 0.3) is 0 Å². The number of ether oxygens (including phenoxy) is 2. The first-order chi connectivity index (χ1) is 10.0. The summed E-state index contributed by atoms with van der Waals surface area (Å²) in [4.78, 5) is 11.8. The van der Waals surface area contributed by atoms with Gasteiger partial charge in [-0.25, -0.2) is 9.18 Å². The van der Waals surface area contributed by atoms with Crippen LogP contribution in [-0.4, -0.2) is 31.3 Å². The highest BCUT2D eigenvalue weighted by atomic mass is 19.1. The van der Waals surface area contributed by atoms with Crippen LogP contribution in [-0.2, 0) is 9.47 Å². The van der Waals surface area contributed by atoms with Gasteiger partial charge in [0.1, 0.15) is 5.82 Å². The minimum atomic E-state index is -0.553. The molecule has 21 heavy (non-hydrogen) atoms. The third-order valence-electron chi connectivity index (χ3n) is 3.54. The van der Waals surface area contributed by atoms with E-state index in [0.29, 0.717) is 0 Å². The number of benzene rings is 1. The zero-order chi connectivity index (χ0) is 15.4. The van der Waals surface area contributed by atoms with Crippen LogP contribution in [0.2, 0.25) is 0 Å². The predicted octanol–water partition coefficient (Wildman–Crippen LogP) is 2.56. The van der Waals surface area contributed by atoms with Gasteiger partial charge in [-0.2, -0.15) is 0 Å². The number of carbonyl (C=O) groups is 1. The van der Waals surface area contributed by atoms with Gasteiger partial charge in [0.2, 0.25) is 0 Å². The number of hydrogen-bond acceptors (Lipinski definition) is 5. The third-order valence-corrected chi connectivity index (χ3v) is 3.54. The predicted molar refractivity (Wildman–Crippen MR) is 78.8 cm³/mol. The van der Waals surface area contributed by atoms with Gasteiger partial charge in [-0.05, 0) is 38.8 Å². The highest BCUT2D eigenvalue weighted by Gasteiger charge is 2.24. The number of nitrogen functional groups attached to an aromatic ring is 1. The molecule has 0 saturated carbocycles. The average Bonchev–Trinajstić information content (AvgIpc) is 2.96. The fraction of sp³-hybridized carbons (Fsp3) is 0.533. The van der Waals surface area contributed by atoms with Crippen LogP contribution in [0.5, 0.6) is 0 Å². The van der Waals surface area contributed by atoms with Gasteiger partial charge in [0.15, 0.2) is 0 Å². The van der Waals surface area contributed by atoms with Gasteiger partial charge in [-0.1, -0.05) is 0 Å². The lowest BCUT2D eigenvalue weighted by molar-refractivity contribution is 0.0527. The second-order valence-corrected chi connectivity index (χ2v) is 5.12. The summed E-state index contributed by atoms with van der Waals surface area (Å²) >= 11 is 0. The average molecular weight is 296 g/mol. The van der Waals surface area contributed by atoms with Crippen molar-refractivity contribution in [3.05, 3.63) is 23.5 Å². The molecule has 116 valence electrons. The van der Waals surface area contributed by atoms with Gasteiger partial charge in [-0.3, -0.25) is 0 Å². The summed E-state index contributed by atoms with van der Waals surface area (Å²) in [5.41, 5.74) is 6.15. The molecular formula is C15H21FN2O3. The fourth-order valence-corrected chi connectivity index (χ4v) is 2.42. The Morgan fingerprint density at radius 1 is 1.62 bits per heavy atom. The molecule has 1 aliphatic heterocycles. The number of rotatable bonds is 5. The monoisotopic (exact) mass is 296 g/mol. The highest BCUT2D eigenvalue weighted by Crippen LogP contribution is 2.25. The minimum absolute atomic E-state index is 0.0491. The normalized spacial score (nSPS) is 19.3. The van der Waals surface area contributed by atoms with Crippen LogP contribution in [0.4, 0.5) is 15.8 Å². The molecule has 1 aromatic carbocycles. The molecule has 0 amide bonds. The lowest BCUT2D eigenvalue weighted by Gasteiger charge is -2.22. The Balaban J connectivity index is 2.18. The SMILES string of the molecule is CCOC(=O)c1cc(NC(C)C2CCCO2)c(F)cc1N. The minimum Gasteiger partial charge on any atom is -0.462 e. The molecule has 1 saturated heterocycles. The molecule has 0 aromatic heterocycles. The van der Waals surface area contributed by atoms with E-state index in [9.17, 15) is 9.18 Å². The Kier molecular flexibility index (Phi) is 5.01. The third kappa shape index (κ3) is 3.64.